The maximum atomic E-state index is 14.5. The maximum Gasteiger partial charge on any atom is 0.415 e. The first-order valence-corrected chi connectivity index (χ1v) is 14.1. The van der Waals surface area contributed by atoms with E-state index in [2.05, 4.69) is 5.32 Å². The van der Waals surface area contributed by atoms with Gasteiger partial charge in [-0.3, -0.25) is 14.5 Å². The van der Waals surface area contributed by atoms with Crippen molar-refractivity contribution in [3.05, 3.63) is 63.9 Å². The Morgan fingerprint density at radius 3 is 2.35 bits per heavy atom. The normalized spacial score (nSPS) is 24.3. The summed E-state index contributed by atoms with van der Waals surface area (Å²) < 4.78 is 24.2. The quantitative estimate of drug-likeness (QED) is 0.531. The van der Waals surface area contributed by atoms with Crippen molar-refractivity contribution in [2.45, 2.75) is 31.2 Å². The molecule has 2 atom stereocenters. The molecule has 0 spiro atoms. The molecule has 40 heavy (non-hydrogen) atoms. The predicted octanol–water partition coefficient (Wildman–Crippen LogP) is 4.53. The Labute approximate surface area is 242 Å². The maximum absolute atomic E-state index is 14.5. The number of Topliss-reactive ketones (excluding diaryl/α,β-unsaturated/α-hetero) is 1. The molecule has 3 aliphatic rings. The molecule has 2 aromatic rings. The van der Waals surface area contributed by atoms with Crippen LogP contribution < -0.4 is 10.1 Å². The lowest BCUT2D eigenvalue weighted by atomic mass is 9.72. The molecule has 0 aliphatic carbocycles. The molecule has 3 heterocycles. The number of hydrogen-bond donors (Lipinski definition) is 1. The van der Waals surface area contributed by atoms with E-state index in [-0.39, 0.29) is 29.9 Å². The molecule has 2 amide bonds. The molecule has 0 unspecified atom stereocenters. The molecular weight excluding hydrogens is 560 g/mol. The van der Waals surface area contributed by atoms with Crippen LogP contribution in [-0.4, -0.2) is 79.6 Å². The highest BCUT2D eigenvalue weighted by Crippen LogP contribution is 2.42. The van der Waals surface area contributed by atoms with Crippen LogP contribution in [0.1, 0.15) is 31.2 Å². The van der Waals surface area contributed by atoms with Crippen molar-refractivity contribution in [2.24, 2.45) is 11.3 Å². The van der Waals surface area contributed by atoms with Crippen molar-refractivity contribution >= 4 is 41.0 Å². The van der Waals surface area contributed by atoms with Gasteiger partial charge in [0, 0.05) is 45.1 Å². The third-order valence-electron chi connectivity index (χ3n) is 8.49. The summed E-state index contributed by atoms with van der Waals surface area (Å²) in [6, 6.07) is 10.3. The lowest BCUT2D eigenvalue weighted by Gasteiger charge is -2.45. The molecule has 3 aliphatic heterocycles. The van der Waals surface area contributed by atoms with E-state index in [1.165, 1.54) is 29.2 Å². The van der Waals surface area contributed by atoms with Crippen LogP contribution in [0.3, 0.4) is 0 Å². The minimum Gasteiger partial charge on any atom is -0.410 e. The molecule has 214 valence electrons. The van der Waals surface area contributed by atoms with Crippen molar-refractivity contribution < 1.29 is 28.2 Å². The summed E-state index contributed by atoms with van der Waals surface area (Å²) >= 11 is 12.5. The fraction of sp³-hybridized carbons (Fsp3) is 0.483. The highest BCUT2D eigenvalue weighted by atomic mass is 35.5. The molecule has 5 rings (SSSR count). The van der Waals surface area contributed by atoms with E-state index in [4.69, 9.17) is 32.7 Å². The molecule has 8 nitrogen and oxygen atoms in total. The zero-order valence-corrected chi connectivity index (χ0v) is 23.9. The van der Waals surface area contributed by atoms with Gasteiger partial charge in [0.25, 0.3) is 0 Å². The van der Waals surface area contributed by atoms with Crippen LogP contribution in [-0.2, 0) is 14.3 Å². The highest BCUT2D eigenvalue weighted by molar-refractivity contribution is 6.42. The summed E-state index contributed by atoms with van der Waals surface area (Å²) in [4.78, 5) is 44.2. The predicted molar refractivity (Wildman–Crippen MR) is 148 cm³/mol. The second-order valence-electron chi connectivity index (χ2n) is 11.1. The zero-order chi connectivity index (χ0) is 28.7. The first-order chi connectivity index (χ1) is 19.0. The Hall–Kier alpha value is -2.72. The minimum atomic E-state index is -1.29. The lowest BCUT2D eigenvalue weighted by Crippen LogP contribution is -2.63. The van der Waals surface area contributed by atoms with Gasteiger partial charge in [-0.1, -0.05) is 29.3 Å². The third kappa shape index (κ3) is 5.20. The topological polar surface area (TPSA) is 88.2 Å². The van der Waals surface area contributed by atoms with E-state index in [0.717, 1.165) is 5.56 Å². The Morgan fingerprint density at radius 2 is 1.75 bits per heavy atom. The number of likely N-dealkylation sites (N-methyl/N-ethyl adjacent to an activating group) is 1. The largest absolute Gasteiger partial charge is 0.415 e. The number of carbonyl (C=O) groups is 3. The van der Waals surface area contributed by atoms with Crippen molar-refractivity contribution in [1.82, 2.24) is 15.1 Å². The van der Waals surface area contributed by atoms with Gasteiger partial charge in [-0.05, 0) is 61.7 Å². The van der Waals surface area contributed by atoms with Crippen LogP contribution in [0, 0.1) is 17.2 Å². The number of ketones is 1. The molecule has 3 saturated heterocycles. The van der Waals surface area contributed by atoms with Gasteiger partial charge in [-0.2, -0.15) is 0 Å². The monoisotopic (exact) mass is 591 g/mol. The van der Waals surface area contributed by atoms with Crippen LogP contribution in [0.2, 0.25) is 10.0 Å². The highest BCUT2D eigenvalue weighted by Gasteiger charge is 2.57. The van der Waals surface area contributed by atoms with Gasteiger partial charge in [0.05, 0.1) is 28.7 Å². The van der Waals surface area contributed by atoms with E-state index >= 15 is 0 Å². The van der Waals surface area contributed by atoms with Crippen LogP contribution in [0.25, 0.3) is 0 Å². The van der Waals surface area contributed by atoms with Crippen LogP contribution in [0.15, 0.2) is 42.5 Å². The summed E-state index contributed by atoms with van der Waals surface area (Å²) in [6.07, 6.45) is 0.232. The average molecular weight is 592 g/mol. The number of hydrogen-bond acceptors (Lipinski definition) is 6. The number of nitrogens with one attached hydrogen (secondary N) is 1. The van der Waals surface area contributed by atoms with Crippen LogP contribution in [0.4, 0.5) is 9.18 Å². The summed E-state index contributed by atoms with van der Waals surface area (Å²) in [5, 5.41) is 4.05. The smallest absolute Gasteiger partial charge is 0.410 e. The van der Waals surface area contributed by atoms with Gasteiger partial charge in [0.1, 0.15) is 17.1 Å². The van der Waals surface area contributed by atoms with E-state index in [9.17, 15) is 18.8 Å². The molecule has 1 N–H and O–H groups in total. The summed E-state index contributed by atoms with van der Waals surface area (Å²) in [5.74, 6) is -1.15. The van der Waals surface area contributed by atoms with Crippen molar-refractivity contribution in [3.63, 3.8) is 0 Å². The molecule has 11 heteroatoms. The Bertz CT molecular complexity index is 1300. The number of carbonyl (C=O) groups excluding carboxylic acids is 3. The fourth-order valence-corrected chi connectivity index (χ4v) is 6.35. The Balaban J connectivity index is 1.42. The number of benzene rings is 2. The second-order valence-corrected chi connectivity index (χ2v) is 12.0. The molecule has 0 aromatic heterocycles. The standard InChI is InChI=1S/C29H32Cl2FN3O5/c1-28(16-39-17-28)26(37)35-11-9-18(10-12-35)25(36)29(34(2)27(38)40-21-6-4-20(32)5-7-21)15-33-14-22(29)19-3-8-23(30)24(31)13-19/h3-8,13,18,22,33H,9-12,14-17H2,1-2H3/t22-,29+/m0/s1. The first kappa shape index (κ1) is 28.8. The Morgan fingerprint density at radius 1 is 1.07 bits per heavy atom. The number of halogens is 3. The number of amides is 2. The number of likely N-dealkylation sites (tertiary alicyclic amines) is 1. The second kappa shape index (κ2) is 11.3. The molecule has 0 radical (unpaired) electrons. The van der Waals surface area contributed by atoms with E-state index in [0.29, 0.717) is 55.7 Å². The molecule has 0 bridgehead atoms. The van der Waals surface area contributed by atoms with E-state index < -0.39 is 28.8 Å². The average Bonchev–Trinajstić information content (AvgIpc) is 3.39. The fourth-order valence-electron chi connectivity index (χ4n) is 6.04. The van der Waals surface area contributed by atoms with E-state index in [1.807, 2.05) is 17.9 Å². The van der Waals surface area contributed by atoms with Gasteiger partial charge in [-0.15, -0.1) is 0 Å². The summed E-state index contributed by atoms with van der Waals surface area (Å²) in [6.45, 7) is 4.26. The molecule has 0 saturated carbocycles. The Kier molecular flexibility index (Phi) is 8.12. The molecule has 2 aromatic carbocycles. The van der Waals surface area contributed by atoms with E-state index in [1.54, 1.807) is 19.2 Å². The third-order valence-corrected chi connectivity index (χ3v) is 9.23. The van der Waals surface area contributed by atoms with Crippen LogP contribution in [0.5, 0.6) is 5.75 Å². The zero-order valence-electron chi connectivity index (χ0n) is 22.4. The number of nitrogens with zero attached hydrogens (tertiary/aromatic N) is 2. The lowest BCUT2D eigenvalue weighted by molar-refractivity contribution is -0.170. The molecular formula is C29H32Cl2FN3O5. The molecule has 3 fully saturated rings. The number of ether oxygens (including phenoxy) is 2. The van der Waals surface area contributed by atoms with Gasteiger partial charge in [-0.25, -0.2) is 9.18 Å². The SMILES string of the molecule is CN(C(=O)Oc1ccc(F)cc1)[C@]1(C(=O)C2CCN(C(=O)C3(C)COC3)CC2)CNC[C@H]1c1ccc(Cl)c(Cl)c1. The van der Waals surface area contributed by atoms with Crippen molar-refractivity contribution in [2.75, 3.05) is 46.4 Å². The number of rotatable bonds is 6. The van der Waals surface area contributed by atoms with Crippen molar-refractivity contribution in [1.29, 1.82) is 0 Å². The van der Waals surface area contributed by atoms with Gasteiger partial charge in [0.15, 0.2) is 5.78 Å². The summed E-state index contributed by atoms with van der Waals surface area (Å²) in [5.41, 5.74) is -1.03. The van der Waals surface area contributed by atoms with Gasteiger partial charge < -0.3 is 19.7 Å². The van der Waals surface area contributed by atoms with Crippen LogP contribution >= 0.6 is 23.2 Å². The number of piperidine rings is 1. The first-order valence-electron chi connectivity index (χ1n) is 13.3. The van der Waals surface area contributed by atoms with Gasteiger partial charge >= 0.3 is 6.09 Å². The van der Waals surface area contributed by atoms with Gasteiger partial charge in [0.2, 0.25) is 5.91 Å². The summed E-state index contributed by atoms with van der Waals surface area (Å²) in [7, 11) is 1.55. The minimum absolute atomic E-state index is 0.0515. The van der Waals surface area contributed by atoms with Crippen molar-refractivity contribution in [3.8, 4) is 5.75 Å².